The van der Waals surface area contributed by atoms with Crippen LogP contribution in [0.4, 0.5) is 0 Å². The molecule has 2 atom stereocenters. The standard InChI is InChI=1S/C14H16O3/c1-2-6-11(10-7-4-3-5-8-10)12-9-13(15)17-14(12)16/h3-5,7-8,11-12H,2,6,9H2,1H3. The third-order valence-corrected chi connectivity index (χ3v) is 3.22. The molecule has 1 aromatic carbocycles. The van der Waals surface area contributed by atoms with Crippen molar-refractivity contribution in [2.45, 2.75) is 32.1 Å². The maximum absolute atomic E-state index is 11.6. The van der Waals surface area contributed by atoms with Gasteiger partial charge in [-0.25, -0.2) is 0 Å². The first-order chi connectivity index (χ1) is 8.22. The van der Waals surface area contributed by atoms with Gasteiger partial charge < -0.3 is 4.74 Å². The van der Waals surface area contributed by atoms with Crippen molar-refractivity contribution in [2.75, 3.05) is 0 Å². The van der Waals surface area contributed by atoms with E-state index in [1.54, 1.807) is 0 Å². The topological polar surface area (TPSA) is 43.4 Å². The van der Waals surface area contributed by atoms with Gasteiger partial charge in [-0.05, 0) is 17.9 Å². The van der Waals surface area contributed by atoms with Crippen LogP contribution in [0.25, 0.3) is 0 Å². The van der Waals surface area contributed by atoms with Crippen LogP contribution in [0.15, 0.2) is 30.3 Å². The predicted octanol–water partition coefficient (Wildman–Crippen LogP) is 2.66. The number of cyclic esters (lactones) is 2. The molecule has 1 aromatic rings. The van der Waals surface area contributed by atoms with Gasteiger partial charge in [-0.15, -0.1) is 0 Å². The Hall–Kier alpha value is -1.64. The molecule has 0 aromatic heterocycles. The Kier molecular flexibility index (Phi) is 3.57. The van der Waals surface area contributed by atoms with E-state index in [1.807, 2.05) is 30.3 Å². The summed E-state index contributed by atoms with van der Waals surface area (Å²) in [6.07, 6.45) is 2.10. The summed E-state index contributed by atoms with van der Waals surface area (Å²) in [5.41, 5.74) is 1.12. The fourth-order valence-corrected chi connectivity index (χ4v) is 2.41. The second-order valence-electron chi connectivity index (χ2n) is 4.41. The van der Waals surface area contributed by atoms with Gasteiger partial charge in [0.1, 0.15) is 0 Å². The van der Waals surface area contributed by atoms with Crippen LogP contribution >= 0.6 is 0 Å². The molecule has 0 bridgehead atoms. The number of benzene rings is 1. The summed E-state index contributed by atoms with van der Waals surface area (Å²) in [5, 5.41) is 0. The van der Waals surface area contributed by atoms with Gasteiger partial charge in [0.25, 0.3) is 0 Å². The Balaban J connectivity index is 2.23. The monoisotopic (exact) mass is 232 g/mol. The summed E-state index contributed by atoms with van der Waals surface area (Å²) in [6, 6.07) is 9.89. The molecule has 0 N–H and O–H groups in total. The summed E-state index contributed by atoms with van der Waals surface area (Å²) in [5.74, 6) is -0.959. The van der Waals surface area contributed by atoms with Crippen molar-refractivity contribution in [1.82, 2.24) is 0 Å². The Morgan fingerprint density at radius 1 is 1.29 bits per heavy atom. The lowest BCUT2D eigenvalue weighted by Gasteiger charge is -2.19. The Labute approximate surface area is 101 Å². The van der Waals surface area contributed by atoms with E-state index < -0.39 is 5.97 Å². The van der Waals surface area contributed by atoms with E-state index in [4.69, 9.17) is 0 Å². The van der Waals surface area contributed by atoms with Crippen LogP contribution in [0.3, 0.4) is 0 Å². The molecule has 0 aliphatic carbocycles. The molecule has 1 aliphatic heterocycles. The zero-order valence-electron chi connectivity index (χ0n) is 9.89. The molecule has 0 spiro atoms. The van der Waals surface area contributed by atoms with Crippen molar-refractivity contribution in [2.24, 2.45) is 5.92 Å². The largest absolute Gasteiger partial charge is 0.393 e. The molecule has 0 radical (unpaired) electrons. The van der Waals surface area contributed by atoms with E-state index in [-0.39, 0.29) is 24.2 Å². The molecule has 3 nitrogen and oxygen atoms in total. The summed E-state index contributed by atoms with van der Waals surface area (Å²) >= 11 is 0. The maximum atomic E-state index is 11.6. The molecule has 1 aliphatic rings. The quantitative estimate of drug-likeness (QED) is 0.592. The first-order valence-corrected chi connectivity index (χ1v) is 6.02. The van der Waals surface area contributed by atoms with Crippen LogP contribution in [0.1, 0.15) is 37.7 Å². The third kappa shape index (κ3) is 2.54. The van der Waals surface area contributed by atoms with Crippen LogP contribution in [0, 0.1) is 5.92 Å². The highest BCUT2D eigenvalue weighted by atomic mass is 16.6. The van der Waals surface area contributed by atoms with Crippen molar-refractivity contribution in [3.63, 3.8) is 0 Å². The molecule has 0 amide bonds. The summed E-state index contributed by atoms with van der Waals surface area (Å²) in [7, 11) is 0. The highest BCUT2D eigenvalue weighted by molar-refractivity contribution is 5.95. The number of hydrogen-bond donors (Lipinski definition) is 0. The van der Waals surface area contributed by atoms with Gasteiger partial charge in [-0.3, -0.25) is 9.59 Å². The fourth-order valence-electron chi connectivity index (χ4n) is 2.41. The van der Waals surface area contributed by atoms with E-state index in [1.165, 1.54) is 0 Å². The minimum absolute atomic E-state index is 0.0974. The van der Waals surface area contributed by atoms with Crippen LogP contribution in [-0.2, 0) is 14.3 Å². The second kappa shape index (κ2) is 5.13. The first-order valence-electron chi connectivity index (χ1n) is 6.02. The Bertz CT molecular complexity index is 411. The molecule has 17 heavy (non-hydrogen) atoms. The van der Waals surface area contributed by atoms with Crippen LogP contribution < -0.4 is 0 Å². The Morgan fingerprint density at radius 3 is 2.53 bits per heavy atom. The molecule has 2 rings (SSSR count). The van der Waals surface area contributed by atoms with E-state index in [9.17, 15) is 9.59 Å². The molecule has 90 valence electrons. The summed E-state index contributed by atoms with van der Waals surface area (Å²) in [4.78, 5) is 22.8. The lowest BCUT2D eigenvalue weighted by atomic mass is 9.82. The van der Waals surface area contributed by atoms with Gasteiger partial charge in [0, 0.05) is 0 Å². The highest BCUT2D eigenvalue weighted by Crippen LogP contribution is 2.35. The zero-order chi connectivity index (χ0) is 12.3. The Morgan fingerprint density at radius 2 is 2.00 bits per heavy atom. The molecule has 1 fully saturated rings. The number of hydrogen-bond acceptors (Lipinski definition) is 3. The predicted molar refractivity (Wildman–Crippen MR) is 63.3 cm³/mol. The van der Waals surface area contributed by atoms with Crippen molar-refractivity contribution in [1.29, 1.82) is 0 Å². The van der Waals surface area contributed by atoms with E-state index in [0.717, 1.165) is 18.4 Å². The third-order valence-electron chi connectivity index (χ3n) is 3.22. The minimum atomic E-state index is -0.392. The number of esters is 2. The molecule has 2 unspecified atom stereocenters. The number of carbonyl (C=O) groups excluding carboxylic acids is 2. The van der Waals surface area contributed by atoms with Crippen LogP contribution in [0.2, 0.25) is 0 Å². The number of carbonyl (C=O) groups is 2. The minimum Gasteiger partial charge on any atom is -0.393 e. The van der Waals surface area contributed by atoms with Gasteiger partial charge in [-0.2, -0.15) is 0 Å². The normalized spacial score (nSPS) is 21.4. The second-order valence-corrected chi connectivity index (χ2v) is 4.41. The first kappa shape index (κ1) is 11.8. The van der Waals surface area contributed by atoms with Gasteiger partial charge in [0.15, 0.2) is 0 Å². The number of rotatable bonds is 4. The average molecular weight is 232 g/mol. The molecule has 3 heteroatoms. The van der Waals surface area contributed by atoms with Crippen LogP contribution in [-0.4, -0.2) is 11.9 Å². The fraction of sp³-hybridized carbons (Fsp3) is 0.429. The summed E-state index contributed by atoms with van der Waals surface area (Å²) in [6.45, 7) is 2.08. The van der Waals surface area contributed by atoms with E-state index >= 15 is 0 Å². The molecule has 1 saturated heterocycles. The van der Waals surface area contributed by atoms with Crippen molar-refractivity contribution in [3.05, 3.63) is 35.9 Å². The lowest BCUT2D eigenvalue weighted by molar-refractivity contribution is -0.153. The van der Waals surface area contributed by atoms with Gasteiger partial charge in [-0.1, -0.05) is 43.7 Å². The molecule has 0 saturated carbocycles. The van der Waals surface area contributed by atoms with E-state index in [0.29, 0.717) is 0 Å². The molecule has 1 heterocycles. The van der Waals surface area contributed by atoms with Crippen molar-refractivity contribution in [3.8, 4) is 0 Å². The maximum Gasteiger partial charge on any atom is 0.317 e. The van der Waals surface area contributed by atoms with Crippen molar-refractivity contribution < 1.29 is 14.3 Å². The molecular formula is C14H16O3. The lowest BCUT2D eigenvalue weighted by Crippen LogP contribution is -2.17. The smallest absolute Gasteiger partial charge is 0.317 e. The number of ether oxygens (including phenoxy) is 1. The van der Waals surface area contributed by atoms with Gasteiger partial charge in [0.2, 0.25) is 0 Å². The highest BCUT2D eigenvalue weighted by Gasteiger charge is 2.39. The van der Waals surface area contributed by atoms with Gasteiger partial charge in [0.05, 0.1) is 12.3 Å². The zero-order valence-corrected chi connectivity index (χ0v) is 9.89. The summed E-state index contributed by atoms with van der Waals surface area (Å²) < 4.78 is 4.64. The van der Waals surface area contributed by atoms with Crippen molar-refractivity contribution >= 4 is 11.9 Å². The van der Waals surface area contributed by atoms with Crippen LogP contribution in [0.5, 0.6) is 0 Å². The SMILES string of the molecule is CCCC(c1ccccc1)C1CC(=O)OC1=O. The average Bonchev–Trinajstić information content (AvgIpc) is 2.66. The molecular weight excluding hydrogens is 216 g/mol. The van der Waals surface area contributed by atoms with E-state index in [2.05, 4.69) is 11.7 Å². The van der Waals surface area contributed by atoms with Gasteiger partial charge >= 0.3 is 11.9 Å².